The molecule has 0 atom stereocenters. The molecule has 3 heteroatoms. The molecule has 1 aromatic carbocycles. The van der Waals surface area contributed by atoms with Crippen molar-refractivity contribution in [1.29, 1.82) is 0 Å². The van der Waals surface area contributed by atoms with Crippen LogP contribution >= 0.6 is 0 Å². The summed E-state index contributed by atoms with van der Waals surface area (Å²) in [4.78, 5) is 3.78. The van der Waals surface area contributed by atoms with Crippen molar-refractivity contribution >= 4 is 0 Å². The van der Waals surface area contributed by atoms with Crippen molar-refractivity contribution in [1.82, 2.24) is 4.98 Å². The smallest absolute Gasteiger partial charge is 0.0267 e. The van der Waals surface area contributed by atoms with E-state index in [1.165, 1.54) is 25.7 Å². The standard InChI is InChI=1S/C6H6.C5H5N.4C3H8.3C2H6.CH4.2CH3.2V/c2*1-2-4-6-5-3-1;4*1-3-2;3*1-2;;;;;/h1-6H;1-5H;4*3H2,1-2H3;3*1-2H3;1H4;2*1H3;;/q;;;;;;;;;;2*-1;;. The van der Waals surface area contributed by atoms with E-state index in [0.29, 0.717) is 0 Å². The van der Waals surface area contributed by atoms with E-state index in [4.69, 9.17) is 0 Å². The molecule has 35 heavy (non-hydrogen) atoms. The van der Waals surface area contributed by atoms with Crippen LogP contribution in [0.1, 0.15) is 130 Å². The summed E-state index contributed by atoms with van der Waals surface area (Å²) >= 11 is 0. The molecule has 0 fully saturated rings. The molecule has 0 aliphatic heterocycles. The molecule has 1 nitrogen and oxygen atoms in total. The number of rotatable bonds is 0. The predicted octanol–water partition coefficient (Wildman–Crippen LogP) is 13.0. The fraction of sp³-hybridized carbons (Fsp3) is 0.594. The van der Waals surface area contributed by atoms with E-state index in [0.717, 1.165) is 0 Å². The van der Waals surface area contributed by atoms with Gasteiger partial charge in [-0.15, -0.1) is 0 Å². The molecule has 2 aromatic rings. The van der Waals surface area contributed by atoms with Crippen molar-refractivity contribution < 1.29 is 37.1 Å². The summed E-state index contributed by atoms with van der Waals surface area (Å²) < 4.78 is 0. The van der Waals surface area contributed by atoms with Crippen LogP contribution in [0, 0.1) is 14.9 Å². The van der Waals surface area contributed by atoms with Crippen LogP contribution in [-0.2, 0) is 37.1 Å². The minimum atomic E-state index is 0. The van der Waals surface area contributed by atoms with E-state index < -0.39 is 0 Å². The predicted molar refractivity (Wildman–Crippen MR) is 168 cm³/mol. The maximum absolute atomic E-state index is 3.78. The van der Waals surface area contributed by atoms with Gasteiger partial charge in [-0.2, -0.15) is 0 Å². The van der Waals surface area contributed by atoms with E-state index in [1.54, 1.807) is 12.4 Å². The fourth-order valence-electron chi connectivity index (χ4n) is 0.698. The van der Waals surface area contributed by atoms with Gasteiger partial charge >= 0.3 is 0 Å². The summed E-state index contributed by atoms with van der Waals surface area (Å²) in [6.45, 7) is 29.0. The number of hydrogen-bond donors (Lipinski definition) is 0. The van der Waals surface area contributed by atoms with E-state index in [9.17, 15) is 0 Å². The second-order valence-electron chi connectivity index (χ2n) is 5.01. The molecule has 216 valence electrons. The molecule has 0 amide bonds. The zero-order valence-electron chi connectivity index (χ0n) is 26.5. The number of pyridine rings is 1. The van der Waals surface area contributed by atoms with Gasteiger partial charge in [0.15, 0.2) is 0 Å². The van der Waals surface area contributed by atoms with Gasteiger partial charge in [0, 0.05) is 49.5 Å². The first-order valence-corrected chi connectivity index (χ1v) is 12.5. The Kier molecular flexibility index (Phi) is 321. The molecular formula is C32H71NV2-2. The van der Waals surface area contributed by atoms with Gasteiger partial charge in [0.1, 0.15) is 0 Å². The molecule has 0 N–H and O–H groups in total. The van der Waals surface area contributed by atoms with Crippen molar-refractivity contribution in [2.45, 2.75) is 130 Å². The van der Waals surface area contributed by atoms with Crippen LogP contribution in [0.5, 0.6) is 0 Å². The average molecular weight is 572 g/mol. The largest absolute Gasteiger partial charge is 0.358 e. The maximum atomic E-state index is 3.78. The Morgan fingerprint density at radius 2 is 0.486 bits per heavy atom. The maximum Gasteiger partial charge on any atom is 0.0267 e. The van der Waals surface area contributed by atoms with Crippen molar-refractivity contribution in [3.05, 3.63) is 81.8 Å². The van der Waals surface area contributed by atoms with Crippen LogP contribution in [0.2, 0.25) is 0 Å². The summed E-state index contributed by atoms with van der Waals surface area (Å²) in [6.07, 6.45) is 8.50. The van der Waals surface area contributed by atoms with Crippen molar-refractivity contribution in [2.24, 2.45) is 0 Å². The van der Waals surface area contributed by atoms with Gasteiger partial charge in [0.25, 0.3) is 0 Å². The third-order valence-corrected chi connectivity index (χ3v) is 1.23. The molecule has 0 aliphatic carbocycles. The van der Waals surface area contributed by atoms with Gasteiger partial charge in [0.05, 0.1) is 0 Å². The summed E-state index contributed by atoms with van der Waals surface area (Å²) in [5.41, 5.74) is 0. The average Bonchev–Trinajstić information content (AvgIpc) is 2.83. The zero-order valence-corrected chi connectivity index (χ0v) is 29.3. The van der Waals surface area contributed by atoms with Crippen LogP contribution in [-0.4, -0.2) is 4.98 Å². The SMILES string of the molecule is C.CC.CC.CC.CCC.CCC.CCC.CCC.[CH3-].[CH3-].[V].[V].c1ccccc1.c1ccncc1. The van der Waals surface area contributed by atoms with E-state index in [-0.39, 0.29) is 59.4 Å². The fourth-order valence-corrected chi connectivity index (χ4v) is 0.698. The van der Waals surface area contributed by atoms with E-state index in [2.05, 4.69) is 60.4 Å². The van der Waals surface area contributed by atoms with Gasteiger partial charge in [-0.05, 0) is 12.1 Å². The summed E-state index contributed by atoms with van der Waals surface area (Å²) in [5.74, 6) is 0. The van der Waals surface area contributed by atoms with Gasteiger partial charge in [-0.1, -0.05) is 173 Å². The van der Waals surface area contributed by atoms with Crippen LogP contribution < -0.4 is 0 Å². The van der Waals surface area contributed by atoms with Crippen molar-refractivity contribution in [2.75, 3.05) is 0 Å². The number of nitrogens with zero attached hydrogens (tertiary/aromatic N) is 1. The second kappa shape index (κ2) is 147. The molecule has 0 aliphatic rings. The molecule has 1 heterocycles. The van der Waals surface area contributed by atoms with Gasteiger partial charge < -0.3 is 14.9 Å². The molecule has 0 saturated carbocycles. The first kappa shape index (κ1) is 76.5. The Morgan fingerprint density at radius 3 is 0.543 bits per heavy atom. The monoisotopic (exact) mass is 571 g/mol. The number of aromatic nitrogens is 1. The Labute approximate surface area is 252 Å². The molecule has 2 radical (unpaired) electrons. The summed E-state index contributed by atoms with van der Waals surface area (Å²) in [7, 11) is 0. The van der Waals surface area contributed by atoms with Gasteiger partial charge in [0.2, 0.25) is 0 Å². The third-order valence-electron chi connectivity index (χ3n) is 1.23. The van der Waals surface area contributed by atoms with E-state index in [1.807, 2.05) is 96.1 Å². The first-order valence-electron chi connectivity index (χ1n) is 12.5. The normalized spacial score (nSPS) is 5.31. The van der Waals surface area contributed by atoms with E-state index >= 15 is 0 Å². The van der Waals surface area contributed by atoms with Crippen molar-refractivity contribution in [3.63, 3.8) is 0 Å². The number of hydrogen-bond acceptors (Lipinski definition) is 1. The quantitative estimate of drug-likeness (QED) is 0.287. The van der Waals surface area contributed by atoms with Crippen LogP contribution in [0.25, 0.3) is 0 Å². The molecular weight excluding hydrogens is 500 g/mol. The minimum absolute atomic E-state index is 0. The Bertz CT molecular complexity index is 237. The minimum Gasteiger partial charge on any atom is -0.358 e. The molecule has 0 spiro atoms. The van der Waals surface area contributed by atoms with Crippen molar-refractivity contribution in [3.8, 4) is 0 Å². The third kappa shape index (κ3) is 251. The molecule has 0 unspecified atom stereocenters. The first-order chi connectivity index (χ1) is 14.7. The Morgan fingerprint density at radius 1 is 0.371 bits per heavy atom. The topological polar surface area (TPSA) is 12.9 Å². The molecule has 2 rings (SSSR count). The number of benzene rings is 1. The van der Waals surface area contributed by atoms with Crippen LogP contribution in [0.3, 0.4) is 0 Å². The Hall–Kier alpha value is -0.461. The summed E-state index contributed by atoms with van der Waals surface area (Å²) in [5, 5.41) is 0. The second-order valence-corrected chi connectivity index (χ2v) is 5.01. The van der Waals surface area contributed by atoms with Crippen LogP contribution in [0.4, 0.5) is 0 Å². The molecule has 0 saturated heterocycles. The molecule has 1 aromatic heterocycles. The van der Waals surface area contributed by atoms with Gasteiger partial charge in [-0.25, -0.2) is 0 Å². The van der Waals surface area contributed by atoms with Gasteiger partial charge in [-0.3, -0.25) is 4.98 Å². The summed E-state index contributed by atoms with van der Waals surface area (Å²) in [6, 6.07) is 17.7. The zero-order chi connectivity index (χ0) is 25.3. The van der Waals surface area contributed by atoms with Crippen LogP contribution in [0.15, 0.2) is 67.0 Å². The Balaban J connectivity index is -0.0000000174. The molecule has 0 bridgehead atoms.